The van der Waals surface area contributed by atoms with Crippen molar-refractivity contribution in [3.63, 3.8) is 0 Å². The molecule has 1 aliphatic carbocycles. The number of nitrogens with one attached hydrogen (secondary N) is 2. The molecule has 160 valence electrons. The predicted molar refractivity (Wildman–Crippen MR) is 126 cm³/mol. The average Bonchev–Trinajstić information content (AvgIpc) is 3.16. The molecule has 1 fully saturated rings. The van der Waals surface area contributed by atoms with Crippen molar-refractivity contribution < 1.29 is 9.63 Å². The Labute approximate surface area is 193 Å². The SMILES string of the molecule is CCNC(=NCc1nc(-c2cccc(Cl)c2)no1)NCC1(C)CCCCC1O.I. The number of aliphatic imine (C=N–C) groups is 1. The van der Waals surface area contributed by atoms with Crippen molar-refractivity contribution in [2.75, 3.05) is 13.1 Å². The number of aromatic nitrogens is 2. The Balaban J connectivity index is 0.00000300. The molecule has 1 aromatic carbocycles. The average molecular weight is 534 g/mol. The zero-order valence-electron chi connectivity index (χ0n) is 16.8. The third-order valence-electron chi connectivity index (χ3n) is 5.21. The summed E-state index contributed by atoms with van der Waals surface area (Å²) >= 11 is 6.02. The monoisotopic (exact) mass is 533 g/mol. The number of nitrogens with zero attached hydrogens (tertiary/aromatic N) is 3. The molecule has 1 aliphatic rings. The molecular formula is C20H29ClIN5O2. The van der Waals surface area contributed by atoms with E-state index >= 15 is 0 Å². The third-order valence-corrected chi connectivity index (χ3v) is 5.44. The highest BCUT2D eigenvalue weighted by Gasteiger charge is 2.35. The summed E-state index contributed by atoms with van der Waals surface area (Å²) in [6, 6.07) is 7.32. The lowest BCUT2D eigenvalue weighted by Gasteiger charge is -2.38. The second-order valence-electron chi connectivity index (χ2n) is 7.49. The summed E-state index contributed by atoms with van der Waals surface area (Å²) in [6.45, 7) is 5.81. The zero-order valence-corrected chi connectivity index (χ0v) is 19.9. The van der Waals surface area contributed by atoms with Gasteiger partial charge in [0.2, 0.25) is 11.7 Å². The van der Waals surface area contributed by atoms with Gasteiger partial charge < -0.3 is 20.3 Å². The number of hydrogen-bond acceptors (Lipinski definition) is 5. The van der Waals surface area contributed by atoms with Crippen LogP contribution in [0, 0.1) is 5.41 Å². The highest BCUT2D eigenvalue weighted by Crippen LogP contribution is 2.35. The minimum atomic E-state index is -0.284. The fourth-order valence-electron chi connectivity index (χ4n) is 3.43. The molecule has 3 N–H and O–H groups in total. The normalized spacial score (nSPS) is 22.1. The number of hydrogen-bond donors (Lipinski definition) is 3. The van der Waals surface area contributed by atoms with Gasteiger partial charge in [-0.2, -0.15) is 4.98 Å². The lowest BCUT2D eigenvalue weighted by molar-refractivity contribution is 0.00397. The topological polar surface area (TPSA) is 95.6 Å². The highest BCUT2D eigenvalue weighted by molar-refractivity contribution is 14.0. The molecule has 7 nitrogen and oxygen atoms in total. The van der Waals surface area contributed by atoms with Crippen LogP contribution in [0.25, 0.3) is 11.4 Å². The van der Waals surface area contributed by atoms with E-state index in [1.54, 1.807) is 12.1 Å². The van der Waals surface area contributed by atoms with E-state index in [0.717, 1.165) is 37.8 Å². The number of benzene rings is 1. The summed E-state index contributed by atoms with van der Waals surface area (Å²) in [5.74, 6) is 1.59. The van der Waals surface area contributed by atoms with E-state index in [0.29, 0.717) is 29.2 Å². The second kappa shape index (κ2) is 11.1. The number of aliphatic hydroxyl groups excluding tert-OH is 1. The van der Waals surface area contributed by atoms with E-state index in [-0.39, 0.29) is 42.0 Å². The van der Waals surface area contributed by atoms with Crippen LogP contribution in [0.15, 0.2) is 33.8 Å². The van der Waals surface area contributed by atoms with Gasteiger partial charge in [0.15, 0.2) is 5.96 Å². The first-order valence-corrected chi connectivity index (χ1v) is 10.2. The van der Waals surface area contributed by atoms with Crippen molar-refractivity contribution in [1.82, 2.24) is 20.8 Å². The Morgan fingerprint density at radius 3 is 2.93 bits per heavy atom. The van der Waals surface area contributed by atoms with Gasteiger partial charge in [-0.15, -0.1) is 24.0 Å². The van der Waals surface area contributed by atoms with Crippen LogP contribution in [0.1, 0.15) is 45.4 Å². The summed E-state index contributed by atoms with van der Waals surface area (Å²) in [5.41, 5.74) is 0.661. The van der Waals surface area contributed by atoms with Crippen LogP contribution < -0.4 is 10.6 Å². The van der Waals surface area contributed by atoms with E-state index in [1.165, 1.54) is 0 Å². The van der Waals surface area contributed by atoms with E-state index < -0.39 is 0 Å². The Morgan fingerprint density at radius 1 is 1.38 bits per heavy atom. The van der Waals surface area contributed by atoms with Crippen molar-refractivity contribution in [2.45, 2.75) is 52.2 Å². The first-order chi connectivity index (χ1) is 13.5. The fraction of sp³-hybridized carbons (Fsp3) is 0.550. The highest BCUT2D eigenvalue weighted by atomic mass is 127. The van der Waals surface area contributed by atoms with E-state index in [4.69, 9.17) is 16.1 Å². The maximum Gasteiger partial charge on any atom is 0.248 e. The Hall–Kier alpha value is -1.39. The molecule has 9 heteroatoms. The molecule has 2 atom stereocenters. The van der Waals surface area contributed by atoms with E-state index in [9.17, 15) is 5.11 Å². The third kappa shape index (κ3) is 6.55. The molecule has 0 bridgehead atoms. The van der Waals surface area contributed by atoms with Gasteiger partial charge >= 0.3 is 0 Å². The van der Waals surface area contributed by atoms with Gasteiger partial charge in [-0.05, 0) is 31.9 Å². The van der Waals surface area contributed by atoms with Crippen molar-refractivity contribution in [3.05, 3.63) is 35.2 Å². The smallest absolute Gasteiger partial charge is 0.248 e. The molecule has 0 saturated heterocycles. The maximum atomic E-state index is 10.4. The predicted octanol–water partition coefficient (Wildman–Crippen LogP) is 4.00. The number of halogens is 2. The van der Waals surface area contributed by atoms with Gasteiger partial charge in [0.25, 0.3) is 0 Å². The van der Waals surface area contributed by atoms with Gasteiger partial charge in [0.05, 0.1) is 6.10 Å². The molecule has 0 aliphatic heterocycles. The Kier molecular flexibility index (Phi) is 9.16. The van der Waals surface area contributed by atoms with Crippen LogP contribution in [0.3, 0.4) is 0 Å². The molecule has 2 aromatic rings. The summed E-state index contributed by atoms with van der Waals surface area (Å²) in [4.78, 5) is 8.93. The molecule has 0 spiro atoms. The van der Waals surface area contributed by atoms with Crippen LogP contribution in [-0.2, 0) is 6.54 Å². The van der Waals surface area contributed by atoms with Crippen molar-refractivity contribution in [1.29, 1.82) is 0 Å². The second-order valence-corrected chi connectivity index (χ2v) is 7.92. The van der Waals surface area contributed by atoms with Crippen LogP contribution in [0.2, 0.25) is 5.02 Å². The van der Waals surface area contributed by atoms with Gasteiger partial charge in [0.1, 0.15) is 6.54 Å². The molecular weight excluding hydrogens is 505 g/mol. The van der Waals surface area contributed by atoms with Gasteiger partial charge in [-0.1, -0.05) is 48.7 Å². The molecule has 29 heavy (non-hydrogen) atoms. The quantitative estimate of drug-likeness (QED) is 0.295. The van der Waals surface area contributed by atoms with E-state index in [1.807, 2.05) is 19.1 Å². The van der Waals surface area contributed by atoms with Gasteiger partial charge in [-0.3, -0.25) is 0 Å². The van der Waals surface area contributed by atoms with Gasteiger partial charge in [-0.25, -0.2) is 4.99 Å². The van der Waals surface area contributed by atoms with E-state index in [2.05, 4.69) is 32.7 Å². The summed E-state index contributed by atoms with van der Waals surface area (Å²) in [5, 5.41) is 21.6. The van der Waals surface area contributed by atoms with Crippen LogP contribution in [-0.4, -0.2) is 40.4 Å². The van der Waals surface area contributed by atoms with Crippen molar-refractivity contribution >= 4 is 41.5 Å². The first-order valence-electron chi connectivity index (χ1n) is 9.79. The van der Waals surface area contributed by atoms with Crippen molar-refractivity contribution in [3.8, 4) is 11.4 Å². The Morgan fingerprint density at radius 2 is 2.21 bits per heavy atom. The van der Waals surface area contributed by atoms with Crippen LogP contribution in [0.4, 0.5) is 0 Å². The lowest BCUT2D eigenvalue weighted by atomic mass is 9.73. The molecule has 1 aromatic heterocycles. The van der Waals surface area contributed by atoms with Crippen LogP contribution in [0.5, 0.6) is 0 Å². The largest absolute Gasteiger partial charge is 0.392 e. The first kappa shape index (κ1) is 23.9. The van der Waals surface area contributed by atoms with Gasteiger partial charge in [0, 0.05) is 29.1 Å². The molecule has 1 heterocycles. The summed E-state index contributed by atoms with van der Waals surface area (Å²) < 4.78 is 5.31. The molecule has 3 rings (SSSR count). The maximum absolute atomic E-state index is 10.4. The number of rotatable bonds is 6. The number of guanidine groups is 1. The molecule has 2 unspecified atom stereocenters. The minimum Gasteiger partial charge on any atom is -0.392 e. The molecule has 1 saturated carbocycles. The fourth-order valence-corrected chi connectivity index (χ4v) is 3.62. The van der Waals surface area contributed by atoms with Crippen LogP contribution >= 0.6 is 35.6 Å². The lowest BCUT2D eigenvalue weighted by Crippen LogP contribution is -2.48. The molecule has 0 amide bonds. The Bertz CT molecular complexity index is 816. The molecule has 0 radical (unpaired) electrons. The standard InChI is InChI=1S/C20H28ClN5O2.HI/c1-3-22-19(24-13-20(2)10-5-4-9-16(20)27)23-12-17-25-18(26-28-17)14-7-6-8-15(21)11-14;/h6-8,11,16,27H,3-5,9-10,12-13H2,1-2H3,(H2,22,23,24);1H. The van der Waals surface area contributed by atoms with Crippen molar-refractivity contribution in [2.24, 2.45) is 10.4 Å². The minimum absolute atomic E-state index is 0. The summed E-state index contributed by atoms with van der Waals surface area (Å²) in [6.07, 6.45) is 3.83. The zero-order chi connectivity index (χ0) is 20.0. The number of aliphatic hydroxyl groups is 1. The summed E-state index contributed by atoms with van der Waals surface area (Å²) in [7, 11) is 0.